The minimum Gasteiger partial charge on any atom is -0.434 e. The first-order valence-corrected chi connectivity index (χ1v) is 12.7. The van der Waals surface area contributed by atoms with Crippen molar-refractivity contribution in [2.45, 2.75) is 123 Å². The van der Waals surface area contributed by atoms with E-state index in [2.05, 4.69) is 25.7 Å². The molecule has 0 bridgehead atoms. The third-order valence-corrected chi connectivity index (χ3v) is 5.72. The van der Waals surface area contributed by atoms with Crippen LogP contribution in [0, 0.1) is 0 Å². The second kappa shape index (κ2) is 22.6. The monoisotopic (exact) mass is 427 g/mol. The van der Waals surface area contributed by atoms with Crippen molar-refractivity contribution in [1.29, 1.82) is 0 Å². The van der Waals surface area contributed by atoms with Crippen LogP contribution in [-0.2, 0) is 14.3 Å². The van der Waals surface area contributed by atoms with Crippen LogP contribution >= 0.6 is 0 Å². The predicted octanol–water partition coefficient (Wildman–Crippen LogP) is 6.92. The van der Waals surface area contributed by atoms with Gasteiger partial charge in [0.05, 0.1) is 6.61 Å². The van der Waals surface area contributed by atoms with Gasteiger partial charge in [-0.2, -0.15) is 0 Å². The van der Waals surface area contributed by atoms with Crippen LogP contribution in [0.25, 0.3) is 0 Å². The Balaban J connectivity index is 3.92. The lowest BCUT2D eigenvalue weighted by molar-refractivity contribution is -0.108. The highest BCUT2D eigenvalue weighted by atomic mass is 16.7. The summed E-state index contributed by atoms with van der Waals surface area (Å²) in [4.78, 5) is 24.9. The van der Waals surface area contributed by atoms with Gasteiger partial charge < -0.3 is 19.2 Å². The summed E-state index contributed by atoms with van der Waals surface area (Å²) in [5.41, 5.74) is 0. The Hall–Kier alpha value is -1.10. The highest BCUT2D eigenvalue weighted by Crippen LogP contribution is 2.16. The number of unbranched alkanes of at least 4 members (excludes halogenated alkanes) is 10. The Bertz CT molecular complexity index is 385. The minimum absolute atomic E-state index is 0.130. The molecule has 0 aliphatic rings. The van der Waals surface area contributed by atoms with Crippen LogP contribution in [0.2, 0.25) is 0 Å². The average Bonchev–Trinajstić information content (AvgIpc) is 2.75. The van der Waals surface area contributed by atoms with Crippen molar-refractivity contribution in [2.24, 2.45) is 0 Å². The van der Waals surface area contributed by atoms with E-state index in [1.165, 1.54) is 57.8 Å². The van der Waals surface area contributed by atoms with Gasteiger partial charge in [-0.25, -0.2) is 4.79 Å². The molecule has 5 heteroatoms. The van der Waals surface area contributed by atoms with Gasteiger partial charge in [-0.15, -0.1) is 0 Å². The highest BCUT2D eigenvalue weighted by molar-refractivity contribution is 5.60. The van der Waals surface area contributed by atoms with E-state index < -0.39 is 6.16 Å². The third-order valence-electron chi connectivity index (χ3n) is 5.72. The van der Waals surface area contributed by atoms with E-state index in [9.17, 15) is 9.59 Å². The molecule has 0 N–H and O–H groups in total. The summed E-state index contributed by atoms with van der Waals surface area (Å²) in [5.74, 6) is 0. The molecule has 0 heterocycles. The second-order valence-electron chi connectivity index (χ2n) is 8.29. The molecule has 0 aliphatic carbocycles. The normalized spacial score (nSPS) is 12.1. The number of hydrogen-bond acceptors (Lipinski definition) is 5. The summed E-state index contributed by atoms with van der Waals surface area (Å²) in [6.45, 7) is 9.88. The van der Waals surface area contributed by atoms with Crippen molar-refractivity contribution >= 4 is 12.4 Å². The van der Waals surface area contributed by atoms with Gasteiger partial charge >= 0.3 is 6.16 Å². The van der Waals surface area contributed by atoms with Crippen molar-refractivity contribution in [3.8, 4) is 0 Å². The summed E-state index contributed by atoms with van der Waals surface area (Å²) in [6.07, 6.45) is 16.9. The second-order valence-corrected chi connectivity index (χ2v) is 8.29. The van der Waals surface area contributed by atoms with Gasteiger partial charge in [0.2, 0.25) is 0 Å². The third kappa shape index (κ3) is 18.9. The SMILES string of the molecule is CCCCCCCCCCCC[C@@H](CCCC=O)OC(=O)OCCCN(CC)CC. The maximum atomic E-state index is 12.0. The zero-order valence-corrected chi connectivity index (χ0v) is 20.2. The Kier molecular flexibility index (Phi) is 21.8. The van der Waals surface area contributed by atoms with Crippen molar-refractivity contribution in [3.05, 3.63) is 0 Å². The predicted molar refractivity (Wildman–Crippen MR) is 125 cm³/mol. The van der Waals surface area contributed by atoms with Gasteiger partial charge in [0.25, 0.3) is 0 Å². The molecular weight excluding hydrogens is 378 g/mol. The van der Waals surface area contributed by atoms with Gasteiger partial charge in [0.1, 0.15) is 12.4 Å². The van der Waals surface area contributed by atoms with E-state index in [1.807, 2.05) is 0 Å². The molecule has 0 amide bonds. The molecule has 0 spiro atoms. The van der Waals surface area contributed by atoms with Crippen LogP contribution in [0.15, 0.2) is 0 Å². The molecule has 0 aromatic rings. The van der Waals surface area contributed by atoms with Crippen LogP contribution in [0.3, 0.4) is 0 Å². The molecule has 0 saturated carbocycles. The number of carbonyl (C=O) groups excluding carboxylic acids is 2. The van der Waals surface area contributed by atoms with Crippen molar-refractivity contribution in [2.75, 3.05) is 26.2 Å². The van der Waals surface area contributed by atoms with E-state index in [4.69, 9.17) is 9.47 Å². The molecule has 0 aliphatic heterocycles. The number of ether oxygens (including phenoxy) is 2. The number of rotatable bonds is 22. The lowest BCUT2D eigenvalue weighted by atomic mass is 10.0. The van der Waals surface area contributed by atoms with E-state index in [0.717, 1.165) is 58.0 Å². The number of aldehydes is 1. The van der Waals surface area contributed by atoms with Crippen LogP contribution < -0.4 is 0 Å². The van der Waals surface area contributed by atoms with E-state index >= 15 is 0 Å². The van der Waals surface area contributed by atoms with Crippen LogP contribution in [0.4, 0.5) is 4.79 Å². The minimum atomic E-state index is -0.558. The Morgan fingerprint density at radius 3 is 1.93 bits per heavy atom. The molecular formula is C25H49NO4. The molecule has 0 unspecified atom stereocenters. The zero-order chi connectivity index (χ0) is 22.3. The summed E-state index contributed by atoms with van der Waals surface area (Å²) < 4.78 is 10.8. The zero-order valence-electron chi connectivity index (χ0n) is 20.2. The number of nitrogens with zero attached hydrogens (tertiary/aromatic N) is 1. The smallest absolute Gasteiger partial charge is 0.434 e. The summed E-state index contributed by atoms with van der Waals surface area (Å²) >= 11 is 0. The van der Waals surface area contributed by atoms with Gasteiger partial charge in [-0.05, 0) is 45.2 Å². The van der Waals surface area contributed by atoms with Gasteiger partial charge in [-0.1, -0.05) is 78.6 Å². The summed E-state index contributed by atoms with van der Waals surface area (Å²) in [7, 11) is 0. The molecule has 30 heavy (non-hydrogen) atoms. The first-order valence-electron chi connectivity index (χ1n) is 12.7. The largest absolute Gasteiger partial charge is 0.508 e. The Labute approximate surface area is 186 Å². The maximum Gasteiger partial charge on any atom is 0.508 e. The van der Waals surface area contributed by atoms with Gasteiger partial charge in [0, 0.05) is 13.0 Å². The molecule has 0 radical (unpaired) electrons. The van der Waals surface area contributed by atoms with Gasteiger partial charge in [-0.3, -0.25) is 0 Å². The summed E-state index contributed by atoms with van der Waals surface area (Å²) in [5, 5.41) is 0. The molecule has 0 fully saturated rings. The van der Waals surface area contributed by atoms with Crippen LogP contribution in [0.5, 0.6) is 0 Å². The van der Waals surface area contributed by atoms with E-state index in [-0.39, 0.29) is 6.10 Å². The fourth-order valence-electron chi connectivity index (χ4n) is 3.70. The van der Waals surface area contributed by atoms with Crippen molar-refractivity contribution < 1.29 is 19.1 Å². The first-order chi connectivity index (χ1) is 14.7. The fraction of sp³-hybridized carbons (Fsp3) is 0.920. The number of carbonyl (C=O) groups is 2. The topological polar surface area (TPSA) is 55.8 Å². The summed E-state index contributed by atoms with van der Waals surface area (Å²) in [6, 6.07) is 0. The Morgan fingerprint density at radius 2 is 1.37 bits per heavy atom. The van der Waals surface area contributed by atoms with E-state index in [0.29, 0.717) is 13.0 Å². The molecule has 0 aromatic heterocycles. The van der Waals surface area contributed by atoms with Crippen LogP contribution in [-0.4, -0.2) is 49.7 Å². The van der Waals surface area contributed by atoms with Crippen molar-refractivity contribution in [3.63, 3.8) is 0 Å². The first kappa shape index (κ1) is 28.9. The Morgan fingerprint density at radius 1 is 0.800 bits per heavy atom. The molecule has 0 saturated heterocycles. The molecule has 0 rings (SSSR count). The van der Waals surface area contributed by atoms with E-state index in [1.54, 1.807) is 0 Å². The average molecular weight is 428 g/mol. The lowest BCUT2D eigenvalue weighted by Crippen LogP contribution is -2.25. The maximum absolute atomic E-state index is 12.0. The highest BCUT2D eigenvalue weighted by Gasteiger charge is 2.15. The fourth-order valence-corrected chi connectivity index (χ4v) is 3.70. The lowest BCUT2D eigenvalue weighted by Gasteiger charge is -2.19. The quantitative estimate of drug-likeness (QED) is 0.107. The standard InChI is InChI=1S/C25H49NO4/c1-4-7-8-9-10-11-12-13-14-15-19-24(20-16-17-22-27)30-25(28)29-23-18-21-26(5-2)6-3/h22,24H,4-21,23H2,1-3H3/t24-/m0/s1. The molecule has 178 valence electrons. The molecule has 5 nitrogen and oxygen atoms in total. The number of hydrogen-bond donors (Lipinski definition) is 0. The molecule has 1 atom stereocenters. The molecule has 0 aromatic carbocycles. The van der Waals surface area contributed by atoms with Gasteiger partial charge in [0.15, 0.2) is 0 Å². The van der Waals surface area contributed by atoms with Crippen molar-refractivity contribution in [1.82, 2.24) is 4.90 Å². The van der Waals surface area contributed by atoms with Crippen LogP contribution in [0.1, 0.15) is 117 Å².